The molecule has 0 aliphatic rings. The second-order valence-electron chi connectivity index (χ2n) is 6.41. The highest BCUT2D eigenvalue weighted by molar-refractivity contribution is 8.01. The molecule has 7 nitrogen and oxygen atoms in total. The summed E-state index contributed by atoms with van der Waals surface area (Å²) in [5, 5.41) is 14.0. The number of carbonyl (C=O) groups excluding carboxylic acids is 2. The Hall–Kier alpha value is -2.91. The minimum Gasteiger partial charge on any atom is -0.493 e. The van der Waals surface area contributed by atoms with Crippen molar-refractivity contribution in [1.29, 1.82) is 0 Å². The van der Waals surface area contributed by atoms with Gasteiger partial charge in [-0.1, -0.05) is 52.9 Å². The number of amides is 2. The summed E-state index contributed by atoms with van der Waals surface area (Å²) in [6.45, 7) is 6.29. The van der Waals surface area contributed by atoms with E-state index in [1.54, 1.807) is 18.2 Å². The van der Waals surface area contributed by atoms with Crippen molar-refractivity contribution >= 4 is 45.7 Å². The lowest BCUT2D eigenvalue weighted by atomic mass is 10.1. The van der Waals surface area contributed by atoms with Crippen LogP contribution in [0, 0.1) is 13.8 Å². The number of benzene rings is 2. The first kappa shape index (κ1) is 21.8. The van der Waals surface area contributed by atoms with E-state index in [0.29, 0.717) is 27.4 Å². The van der Waals surface area contributed by atoms with E-state index in [1.807, 2.05) is 45.0 Å². The molecule has 156 valence electrons. The maximum Gasteiger partial charge on any atom is 0.261 e. The molecule has 30 heavy (non-hydrogen) atoms. The highest BCUT2D eigenvalue weighted by Crippen LogP contribution is 2.27. The zero-order valence-corrected chi connectivity index (χ0v) is 18.5. The molecule has 0 unspecified atom stereocenters. The van der Waals surface area contributed by atoms with Crippen molar-refractivity contribution in [2.24, 2.45) is 0 Å². The standard InChI is InChI=1S/C21H22N4O3S2/c1-4-28-17-8-6-5-7-15(17)19(27)23-20-24-25-21(30-20)29-12-18(26)22-16-10-9-13(2)11-14(16)3/h5-11H,4,12H2,1-3H3,(H,22,26)(H,23,24,27). The normalized spacial score (nSPS) is 10.5. The van der Waals surface area contributed by atoms with Crippen LogP contribution in [0.25, 0.3) is 0 Å². The fourth-order valence-electron chi connectivity index (χ4n) is 2.69. The smallest absolute Gasteiger partial charge is 0.261 e. The van der Waals surface area contributed by atoms with Gasteiger partial charge in [0.25, 0.3) is 5.91 Å². The number of nitrogens with zero attached hydrogens (tertiary/aromatic N) is 2. The third kappa shape index (κ3) is 5.80. The molecule has 3 rings (SSSR count). The Morgan fingerprint density at radius 3 is 2.67 bits per heavy atom. The van der Waals surface area contributed by atoms with Crippen LogP contribution >= 0.6 is 23.1 Å². The Labute approximate surface area is 183 Å². The highest BCUT2D eigenvalue weighted by Gasteiger charge is 2.15. The molecule has 0 spiro atoms. The molecule has 9 heteroatoms. The van der Waals surface area contributed by atoms with Crippen LogP contribution < -0.4 is 15.4 Å². The summed E-state index contributed by atoms with van der Waals surface area (Å²) in [5.41, 5.74) is 3.38. The van der Waals surface area contributed by atoms with E-state index in [9.17, 15) is 9.59 Å². The maximum atomic E-state index is 12.5. The predicted octanol–water partition coefficient (Wildman–Crippen LogP) is 4.54. The Balaban J connectivity index is 1.55. The van der Waals surface area contributed by atoms with E-state index in [0.717, 1.165) is 16.8 Å². The molecule has 0 aliphatic carbocycles. The van der Waals surface area contributed by atoms with Crippen molar-refractivity contribution in [2.75, 3.05) is 23.0 Å². The summed E-state index contributed by atoms with van der Waals surface area (Å²) in [7, 11) is 0. The van der Waals surface area contributed by atoms with Gasteiger partial charge in [-0.05, 0) is 44.5 Å². The van der Waals surface area contributed by atoms with Crippen molar-refractivity contribution < 1.29 is 14.3 Å². The van der Waals surface area contributed by atoms with E-state index in [1.165, 1.54) is 23.1 Å². The molecule has 1 heterocycles. The minimum atomic E-state index is -0.320. The number of aryl methyl sites for hydroxylation is 2. The van der Waals surface area contributed by atoms with Gasteiger partial charge in [0.2, 0.25) is 11.0 Å². The maximum absolute atomic E-state index is 12.5. The molecule has 2 aromatic carbocycles. The number of anilines is 2. The SMILES string of the molecule is CCOc1ccccc1C(=O)Nc1nnc(SCC(=O)Nc2ccc(C)cc2C)s1. The Kier molecular flexibility index (Phi) is 7.42. The monoisotopic (exact) mass is 442 g/mol. The fourth-order valence-corrected chi connectivity index (χ4v) is 4.23. The highest BCUT2D eigenvalue weighted by atomic mass is 32.2. The van der Waals surface area contributed by atoms with E-state index in [4.69, 9.17) is 4.74 Å². The number of carbonyl (C=O) groups is 2. The lowest BCUT2D eigenvalue weighted by Crippen LogP contribution is -2.14. The summed E-state index contributed by atoms with van der Waals surface area (Å²) < 4.78 is 6.08. The number of nitrogens with one attached hydrogen (secondary N) is 2. The van der Waals surface area contributed by atoms with E-state index >= 15 is 0 Å². The number of hydrogen-bond donors (Lipinski definition) is 2. The number of thioether (sulfide) groups is 1. The van der Waals surface area contributed by atoms with Crippen LogP contribution in [0.4, 0.5) is 10.8 Å². The van der Waals surface area contributed by atoms with Crippen molar-refractivity contribution in [2.45, 2.75) is 25.1 Å². The first-order chi connectivity index (χ1) is 14.5. The molecular weight excluding hydrogens is 420 g/mol. The van der Waals surface area contributed by atoms with Gasteiger partial charge in [-0.3, -0.25) is 14.9 Å². The molecule has 1 aromatic heterocycles. The quantitative estimate of drug-likeness (QED) is 0.393. The van der Waals surface area contributed by atoms with Gasteiger partial charge in [0.1, 0.15) is 5.75 Å². The molecule has 0 radical (unpaired) electrons. The molecule has 0 saturated heterocycles. The lowest BCUT2D eigenvalue weighted by Gasteiger charge is -2.08. The Morgan fingerprint density at radius 2 is 1.90 bits per heavy atom. The second kappa shape index (κ2) is 10.2. The first-order valence-electron chi connectivity index (χ1n) is 9.33. The van der Waals surface area contributed by atoms with Crippen molar-refractivity contribution in [3.63, 3.8) is 0 Å². The Bertz CT molecular complexity index is 1050. The van der Waals surface area contributed by atoms with E-state index in [-0.39, 0.29) is 17.6 Å². The molecule has 0 aliphatic heterocycles. The number of hydrogen-bond acceptors (Lipinski definition) is 7. The molecular formula is C21H22N4O3S2. The van der Waals surface area contributed by atoms with Gasteiger partial charge < -0.3 is 10.1 Å². The average Bonchev–Trinajstić information content (AvgIpc) is 3.16. The summed E-state index contributed by atoms with van der Waals surface area (Å²) >= 11 is 2.49. The van der Waals surface area contributed by atoms with E-state index in [2.05, 4.69) is 20.8 Å². The van der Waals surface area contributed by atoms with Crippen molar-refractivity contribution in [3.8, 4) is 5.75 Å². The van der Waals surface area contributed by atoms with E-state index < -0.39 is 0 Å². The Morgan fingerprint density at radius 1 is 1.10 bits per heavy atom. The number of ether oxygens (including phenoxy) is 1. The molecule has 0 saturated carbocycles. The van der Waals surface area contributed by atoms with Crippen LogP contribution in [-0.2, 0) is 4.79 Å². The average molecular weight is 443 g/mol. The van der Waals surface area contributed by atoms with Crippen LogP contribution in [0.2, 0.25) is 0 Å². The fraction of sp³-hybridized carbons (Fsp3) is 0.238. The molecule has 2 amide bonds. The van der Waals surface area contributed by atoms with Crippen LogP contribution in [0.1, 0.15) is 28.4 Å². The summed E-state index contributed by atoms with van der Waals surface area (Å²) in [6, 6.07) is 12.9. The predicted molar refractivity (Wildman–Crippen MR) is 121 cm³/mol. The summed E-state index contributed by atoms with van der Waals surface area (Å²) in [4.78, 5) is 24.8. The number of aromatic nitrogens is 2. The lowest BCUT2D eigenvalue weighted by molar-refractivity contribution is -0.113. The van der Waals surface area contributed by atoms with Gasteiger partial charge in [0, 0.05) is 5.69 Å². The topological polar surface area (TPSA) is 93.2 Å². The molecule has 3 aromatic rings. The molecule has 0 bridgehead atoms. The van der Waals surface area contributed by atoms with Gasteiger partial charge in [-0.15, -0.1) is 10.2 Å². The number of rotatable bonds is 8. The first-order valence-corrected chi connectivity index (χ1v) is 11.1. The summed E-state index contributed by atoms with van der Waals surface area (Å²) in [6.07, 6.45) is 0. The van der Waals surface area contributed by atoms with Crippen molar-refractivity contribution in [1.82, 2.24) is 10.2 Å². The number of para-hydroxylation sites is 1. The molecule has 0 fully saturated rings. The van der Waals surface area contributed by atoms with Gasteiger partial charge in [-0.2, -0.15) is 0 Å². The van der Waals surface area contributed by atoms with Crippen LogP contribution in [0.3, 0.4) is 0 Å². The minimum absolute atomic E-state index is 0.126. The van der Waals surface area contributed by atoms with Crippen LogP contribution in [-0.4, -0.2) is 34.4 Å². The third-order valence-corrected chi connectivity index (χ3v) is 6.01. The zero-order valence-electron chi connectivity index (χ0n) is 16.9. The molecule has 0 atom stereocenters. The zero-order chi connectivity index (χ0) is 21.5. The van der Waals surface area contributed by atoms with Gasteiger partial charge >= 0.3 is 0 Å². The van der Waals surface area contributed by atoms with Crippen LogP contribution in [0.5, 0.6) is 5.75 Å². The van der Waals surface area contributed by atoms with Crippen molar-refractivity contribution in [3.05, 3.63) is 59.2 Å². The summed E-state index contributed by atoms with van der Waals surface area (Å²) in [5.74, 6) is 0.265. The largest absolute Gasteiger partial charge is 0.493 e. The second-order valence-corrected chi connectivity index (χ2v) is 8.61. The van der Waals surface area contributed by atoms with Gasteiger partial charge in [-0.25, -0.2) is 0 Å². The molecule has 2 N–H and O–H groups in total. The van der Waals surface area contributed by atoms with Gasteiger partial charge in [0.15, 0.2) is 4.34 Å². The third-order valence-electron chi connectivity index (χ3n) is 4.04. The van der Waals surface area contributed by atoms with Crippen LogP contribution in [0.15, 0.2) is 46.8 Å². The van der Waals surface area contributed by atoms with Gasteiger partial charge in [0.05, 0.1) is 17.9 Å².